The summed E-state index contributed by atoms with van der Waals surface area (Å²) >= 11 is 0. The fraction of sp³-hybridized carbons (Fsp3) is 0.500. The molecule has 1 aromatic carbocycles. The molecule has 0 aromatic heterocycles. The van der Waals surface area contributed by atoms with Crippen molar-refractivity contribution in [2.45, 2.75) is 25.8 Å². The summed E-state index contributed by atoms with van der Waals surface area (Å²) in [5, 5.41) is 2.85. The lowest BCUT2D eigenvalue weighted by Crippen LogP contribution is -2.26. The topological polar surface area (TPSA) is 73.6 Å². The van der Waals surface area contributed by atoms with Gasteiger partial charge in [-0.2, -0.15) is 0 Å². The molecule has 19 heavy (non-hydrogen) atoms. The van der Waals surface area contributed by atoms with Gasteiger partial charge in [-0.25, -0.2) is 0 Å². The molecule has 1 atom stereocenters. The molecule has 5 heteroatoms. The maximum absolute atomic E-state index is 11.9. The molecule has 0 spiro atoms. The van der Waals surface area contributed by atoms with Crippen molar-refractivity contribution in [2.75, 3.05) is 20.8 Å². The lowest BCUT2D eigenvalue weighted by Gasteiger charge is -2.10. The molecule has 1 amide bonds. The first-order valence-electron chi connectivity index (χ1n) is 6.34. The molecular formula is C14H22N2O3. The number of amides is 1. The van der Waals surface area contributed by atoms with Crippen LogP contribution in [-0.4, -0.2) is 32.7 Å². The Morgan fingerprint density at radius 1 is 1.32 bits per heavy atom. The third-order valence-corrected chi connectivity index (χ3v) is 2.77. The molecule has 0 saturated heterocycles. The minimum atomic E-state index is -0.120. The lowest BCUT2D eigenvalue weighted by molar-refractivity contribution is 0.0952. The summed E-state index contributed by atoms with van der Waals surface area (Å²) in [7, 11) is 3.10. The number of benzene rings is 1. The van der Waals surface area contributed by atoms with Gasteiger partial charge in [0.2, 0.25) is 0 Å². The van der Waals surface area contributed by atoms with E-state index in [1.165, 1.54) is 0 Å². The summed E-state index contributed by atoms with van der Waals surface area (Å²) < 4.78 is 10.3. The van der Waals surface area contributed by atoms with E-state index in [1.54, 1.807) is 32.4 Å². The van der Waals surface area contributed by atoms with Crippen LogP contribution in [0.3, 0.4) is 0 Å². The largest absolute Gasteiger partial charge is 0.493 e. The van der Waals surface area contributed by atoms with Crippen molar-refractivity contribution in [3.63, 3.8) is 0 Å². The number of ether oxygens (including phenoxy) is 2. The third-order valence-electron chi connectivity index (χ3n) is 2.77. The van der Waals surface area contributed by atoms with Gasteiger partial charge in [-0.05, 0) is 38.0 Å². The number of carbonyl (C=O) groups is 1. The Balaban J connectivity index is 2.57. The van der Waals surface area contributed by atoms with E-state index in [4.69, 9.17) is 15.2 Å². The van der Waals surface area contributed by atoms with Gasteiger partial charge >= 0.3 is 0 Å². The molecule has 0 radical (unpaired) electrons. The molecule has 1 unspecified atom stereocenters. The van der Waals surface area contributed by atoms with E-state index in [2.05, 4.69) is 5.32 Å². The van der Waals surface area contributed by atoms with Crippen molar-refractivity contribution in [1.29, 1.82) is 0 Å². The maximum Gasteiger partial charge on any atom is 0.251 e. The van der Waals surface area contributed by atoms with Gasteiger partial charge in [-0.3, -0.25) is 4.79 Å². The highest BCUT2D eigenvalue weighted by Gasteiger charge is 2.10. The summed E-state index contributed by atoms with van der Waals surface area (Å²) in [6.45, 7) is 2.57. The van der Waals surface area contributed by atoms with Crippen LogP contribution in [0, 0.1) is 0 Å². The van der Waals surface area contributed by atoms with Crippen LogP contribution < -0.4 is 20.5 Å². The molecule has 5 nitrogen and oxygen atoms in total. The number of nitrogens with two attached hydrogens (primary N) is 1. The highest BCUT2D eigenvalue weighted by Crippen LogP contribution is 2.27. The minimum absolute atomic E-state index is 0.120. The summed E-state index contributed by atoms with van der Waals surface area (Å²) in [4.78, 5) is 11.9. The molecule has 0 saturated carbocycles. The van der Waals surface area contributed by atoms with Crippen molar-refractivity contribution in [3.05, 3.63) is 23.8 Å². The van der Waals surface area contributed by atoms with Crippen LogP contribution in [0.5, 0.6) is 11.5 Å². The minimum Gasteiger partial charge on any atom is -0.493 e. The SMILES string of the molecule is COc1ccc(C(=O)NCCCC(C)N)cc1OC. The van der Waals surface area contributed by atoms with Gasteiger partial charge in [-0.15, -0.1) is 0 Å². The van der Waals surface area contributed by atoms with Crippen molar-refractivity contribution < 1.29 is 14.3 Å². The molecule has 3 N–H and O–H groups in total. The van der Waals surface area contributed by atoms with Crippen molar-refractivity contribution in [1.82, 2.24) is 5.32 Å². The van der Waals surface area contributed by atoms with Gasteiger partial charge in [-0.1, -0.05) is 0 Å². The summed E-state index contributed by atoms with van der Waals surface area (Å²) in [5.41, 5.74) is 6.20. The number of carbonyl (C=O) groups excluding carboxylic acids is 1. The van der Waals surface area contributed by atoms with Crippen LogP contribution in [0.4, 0.5) is 0 Å². The van der Waals surface area contributed by atoms with E-state index in [1.807, 2.05) is 6.92 Å². The average Bonchev–Trinajstić information content (AvgIpc) is 2.42. The molecule has 0 fully saturated rings. The second-order valence-corrected chi connectivity index (χ2v) is 4.45. The standard InChI is InChI=1S/C14H22N2O3/c1-10(15)5-4-8-16-14(17)11-6-7-12(18-2)13(9-11)19-3/h6-7,9-10H,4-5,8,15H2,1-3H3,(H,16,17). The van der Waals surface area contributed by atoms with Gasteiger partial charge in [0.05, 0.1) is 14.2 Å². The Labute approximate surface area is 114 Å². The molecule has 0 aliphatic heterocycles. The average molecular weight is 266 g/mol. The Hall–Kier alpha value is -1.75. The second-order valence-electron chi connectivity index (χ2n) is 4.45. The van der Waals surface area contributed by atoms with Gasteiger partial charge in [0.15, 0.2) is 11.5 Å². The number of rotatable bonds is 7. The Morgan fingerprint density at radius 3 is 2.58 bits per heavy atom. The first-order valence-corrected chi connectivity index (χ1v) is 6.34. The zero-order chi connectivity index (χ0) is 14.3. The molecule has 0 bridgehead atoms. The summed E-state index contributed by atoms with van der Waals surface area (Å²) in [5.74, 6) is 1.03. The Kier molecular flexibility index (Phi) is 6.15. The lowest BCUT2D eigenvalue weighted by atomic mass is 10.1. The second kappa shape index (κ2) is 7.63. The predicted octanol–water partition coefficient (Wildman–Crippen LogP) is 1.56. The quantitative estimate of drug-likeness (QED) is 0.735. The molecule has 1 rings (SSSR count). The van der Waals surface area contributed by atoms with Crippen LogP contribution in [0.2, 0.25) is 0 Å². The van der Waals surface area contributed by atoms with E-state index in [0.29, 0.717) is 23.6 Å². The summed E-state index contributed by atoms with van der Waals surface area (Å²) in [6.07, 6.45) is 1.77. The number of methoxy groups -OCH3 is 2. The van der Waals surface area contributed by atoms with Crippen molar-refractivity contribution in [3.8, 4) is 11.5 Å². The number of hydrogen-bond acceptors (Lipinski definition) is 4. The molecule has 0 aliphatic rings. The third kappa shape index (κ3) is 4.79. The number of nitrogens with one attached hydrogen (secondary N) is 1. The first-order chi connectivity index (χ1) is 9.08. The zero-order valence-corrected chi connectivity index (χ0v) is 11.7. The van der Waals surface area contributed by atoms with Crippen LogP contribution in [0.25, 0.3) is 0 Å². The normalized spacial score (nSPS) is 11.8. The van der Waals surface area contributed by atoms with Gasteiger partial charge < -0.3 is 20.5 Å². The smallest absolute Gasteiger partial charge is 0.251 e. The van der Waals surface area contributed by atoms with Crippen LogP contribution >= 0.6 is 0 Å². The van der Waals surface area contributed by atoms with Crippen LogP contribution in [0.1, 0.15) is 30.1 Å². The molecule has 1 aromatic rings. The van der Waals surface area contributed by atoms with E-state index >= 15 is 0 Å². The van der Waals surface area contributed by atoms with E-state index < -0.39 is 0 Å². The van der Waals surface area contributed by atoms with E-state index in [0.717, 1.165) is 12.8 Å². The van der Waals surface area contributed by atoms with Gasteiger partial charge in [0, 0.05) is 18.2 Å². The summed E-state index contributed by atoms with van der Waals surface area (Å²) in [6, 6.07) is 5.26. The van der Waals surface area contributed by atoms with Gasteiger partial charge in [0.1, 0.15) is 0 Å². The number of hydrogen-bond donors (Lipinski definition) is 2. The van der Waals surface area contributed by atoms with Crippen LogP contribution in [-0.2, 0) is 0 Å². The zero-order valence-electron chi connectivity index (χ0n) is 11.7. The van der Waals surface area contributed by atoms with E-state index in [-0.39, 0.29) is 11.9 Å². The van der Waals surface area contributed by atoms with Crippen molar-refractivity contribution >= 4 is 5.91 Å². The molecule has 106 valence electrons. The van der Waals surface area contributed by atoms with Gasteiger partial charge in [0.25, 0.3) is 5.91 Å². The fourth-order valence-corrected chi connectivity index (χ4v) is 1.71. The van der Waals surface area contributed by atoms with Crippen LogP contribution in [0.15, 0.2) is 18.2 Å². The molecular weight excluding hydrogens is 244 g/mol. The monoisotopic (exact) mass is 266 g/mol. The van der Waals surface area contributed by atoms with E-state index in [9.17, 15) is 4.79 Å². The molecule has 0 aliphatic carbocycles. The Bertz CT molecular complexity index is 419. The highest BCUT2D eigenvalue weighted by molar-refractivity contribution is 5.94. The Morgan fingerprint density at radius 2 is 2.00 bits per heavy atom. The first kappa shape index (κ1) is 15.3. The van der Waals surface area contributed by atoms with Crippen molar-refractivity contribution in [2.24, 2.45) is 5.73 Å². The predicted molar refractivity (Wildman–Crippen MR) is 74.8 cm³/mol. The molecule has 0 heterocycles. The maximum atomic E-state index is 11.9. The highest BCUT2D eigenvalue weighted by atomic mass is 16.5. The fourth-order valence-electron chi connectivity index (χ4n) is 1.71.